The molecule has 1 atom stereocenters. The number of sulfonamides is 1. The summed E-state index contributed by atoms with van der Waals surface area (Å²) in [6.07, 6.45) is 1.49. The molecule has 5 nitrogen and oxygen atoms in total. The van der Waals surface area contributed by atoms with E-state index in [-0.39, 0.29) is 11.8 Å². The van der Waals surface area contributed by atoms with Gasteiger partial charge in [-0.15, -0.1) is 0 Å². The average Bonchev–Trinajstić information content (AvgIpc) is 2.58. The van der Waals surface area contributed by atoms with E-state index in [2.05, 4.69) is 19.2 Å². The average molecular weight is 389 g/mol. The van der Waals surface area contributed by atoms with Gasteiger partial charge in [0.1, 0.15) is 6.04 Å². The summed E-state index contributed by atoms with van der Waals surface area (Å²) in [4.78, 5) is 13.0. The van der Waals surface area contributed by atoms with Crippen LogP contribution in [0.25, 0.3) is 0 Å². The number of aryl methyl sites for hydroxylation is 1. The molecule has 0 radical (unpaired) electrons. The second-order valence-electron chi connectivity index (χ2n) is 7.05. The zero-order chi connectivity index (χ0) is 20.2. The van der Waals surface area contributed by atoms with Gasteiger partial charge in [0, 0.05) is 5.69 Å². The van der Waals surface area contributed by atoms with Gasteiger partial charge in [-0.2, -0.15) is 0 Å². The fourth-order valence-electron chi connectivity index (χ4n) is 3.16. The minimum atomic E-state index is -3.64. The molecule has 0 spiro atoms. The van der Waals surface area contributed by atoms with Crippen molar-refractivity contribution in [1.82, 2.24) is 0 Å². The molecule has 1 amide bonds. The third-order valence-electron chi connectivity index (χ3n) is 4.43. The second kappa shape index (κ2) is 8.57. The van der Waals surface area contributed by atoms with E-state index in [4.69, 9.17) is 0 Å². The lowest BCUT2D eigenvalue weighted by atomic mass is 10.0. The van der Waals surface area contributed by atoms with Gasteiger partial charge in [-0.05, 0) is 48.6 Å². The molecule has 0 aliphatic carbocycles. The molecule has 1 N–H and O–H groups in total. The van der Waals surface area contributed by atoms with Crippen molar-refractivity contribution in [3.63, 3.8) is 0 Å². The number of hydrogen-bond acceptors (Lipinski definition) is 3. The summed E-state index contributed by atoms with van der Waals surface area (Å²) in [6, 6.07) is 13.9. The van der Waals surface area contributed by atoms with E-state index in [1.54, 1.807) is 18.2 Å². The van der Waals surface area contributed by atoms with E-state index in [0.717, 1.165) is 17.4 Å². The van der Waals surface area contributed by atoms with Crippen LogP contribution in [0.1, 0.15) is 44.2 Å². The van der Waals surface area contributed by atoms with Crippen molar-refractivity contribution in [2.75, 3.05) is 15.9 Å². The Labute approximate surface area is 162 Å². The topological polar surface area (TPSA) is 66.5 Å². The first-order valence-electron chi connectivity index (χ1n) is 9.11. The monoisotopic (exact) mass is 388 g/mol. The Morgan fingerprint density at radius 3 is 2.33 bits per heavy atom. The van der Waals surface area contributed by atoms with Crippen LogP contribution in [-0.4, -0.2) is 26.6 Å². The number of carbonyl (C=O) groups is 1. The molecular formula is C21H28N2O3S. The van der Waals surface area contributed by atoms with Crippen LogP contribution in [0.15, 0.2) is 48.5 Å². The molecule has 2 aromatic carbocycles. The highest BCUT2D eigenvalue weighted by Crippen LogP contribution is 2.27. The first kappa shape index (κ1) is 21.0. The number of hydrogen-bond donors (Lipinski definition) is 1. The summed E-state index contributed by atoms with van der Waals surface area (Å²) in [5.41, 5.74) is 3.16. The molecule has 0 fully saturated rings. The van der Waals surface area contributed by atoms with Gasteiger partial charge in [-0.1, -0.05) is 51.1 Å². The summed E-state index contributed by atoms with van der Waals surface area (Å²) in [6.45, 7) is 7.81. The number of benzene rings is 2. The molecule has 0 aliphatic heterocycles. The predicted octanol–water partition coefficient (Wildman–Crippen LogP) is 4.30. The molecule has 6 heteroatoms. The van der Waals surface area contributed by atoms with E-state index in [9.17, 15) is 13.2 Å². The number of nitrogens with one attached hydrogen (secondary N) is 1. The zero-order valence-corrected chi connectivity index (χ0v) is 17.4. The Kier molecular flexibility index (Phi) is 6.65. The highest BCUT2D eigenvalue weighted by atomic mass is 32.2. The summed E-state index contributed by atoms with van der Waals surface area (Å²) in [7, 11) is -3.64. The van der Waals surface area contributed by atoms with Crippen molar-refractivity contribution in [3.8, 4) is 0 Å². The summed E-state index contributed by atoms with van der Waals surface area (Å²) < 4.78 is 26.3. The molecule has 146 valence electrons. The molecule has 2 aromatic rings. The quantitative estimate of drug-likeness (QED) is 0.769. The number of anilines is 2. The number of rotatable bonds is 7. The van der Waals surface area contributed by atoms with Gasteiger partial charge >= 0.3 is 0 Å². The van der Waals surface area contributed by atoms with Gasteiger partial charge in [0.15, 0.2) is 0 Å². The molecule has 0 bridgehead atoms. The Balaban J connectivity index is 2.41. The number of carbonyl (C=O) groups excluding carboxylic acids is 1. The number of para-hydroxylation sites is 1. The van der Waals surface area contributed by atoms with Crippen LogP contribution in [0.3, 0.4) is 0 Å². The van der Waals surface area contributed by atoms with Gasteiger partial charge in [0.25, 0.3) is 0 Å². The fraction of sp³-hybridized carbons (Fsp3) is 0.381. The second-order valence-corrected chi connectivity index (χ2v) is 8.91. The Hall–Kier alpha value is -2.34. The molecule has 0 unspecified atom stereocenters. The lowest BCUT2D eigenvalue weighted by molar-refractivity contribution is -0.117. The summed E-state index contributed by atoms with van der Waals surface area (Å²) >= 11 is 0. The smallest absolute Gasteiger partial charge is 0.248 e. The molecule has 0 aromatic heterocycles. The maximum atomic E-state index is 13.0. The molecule has 0 aliphatic rings. The van der Waals surface area contributed by atoms with E-state index in [0.29, 0.717) is 17.8 Å². The van der Waals surface area contributed by atoms with Crippen LogP contribution in [0.5, 0.6) is 0 Å². The van der Waals surface area contributed by atoms with Crippen LogP contribution in [0.2, 0.25) is 0 Å². The van der Waals surface area contributed by atoms with Gasteiger partial charge in [0.2, 0.25) is 15.9 Å². The van der Waals surface area contributed by atoms with Crippen molar-refractivity contribution >= 4 is 27.3 Å². The Bertz CT molecular complexity index is 907. The molecule has 0 saturated carbocycles. The number of amides is 1. The fourth-order valence-corrected chi connectivity index (χ4v) is 4.36. The van der Waals surface area contributed by atoms with Crippen molar-refractivity contribution < 1.29 is 13.2 Å². The zero-order valence-electron chi connectivity index (χ0n) is 16.6. The molecule has 27 heavy (non-hydrogen) atoms. The maximum Gasteiger partial charge on any atom is 0.248 e. The van der Waals surface area contributed by atoms with Crippen molar-refractivity contribution in [3.05, 3.63) is 59.7 Å². The Morgan fingerprint density at radius 2 is 1.78 bits per heavy atom. The van der Waals surface area contributed by atoms with Crippen LogP contribution in [0, 0.1) is 6.92 Å². The Morgan fingerprint density at radius 1 is 1.11 bits per heavy atom. The molecule has 0 heterocycles. The summed E-state index contributed by atoms with van der Waals surface area (Å²) in [5.74, 6) is -0.0955. The normalized spacial score (nSPS) is 12.7. The SMILES string of the molecule is CC[C@@H](C(=O)Nc1ccccc1C(C)C)N(c1cccc(C)c1)S(C)(=O)=O. The van der Waals surface area contributed by atoms with Gasteiger partial charge < -0.3 is 5.32 Å². The van der Waals surface area contributed by atoms with Crippen molar-refractivity contribution in [2.45, 2.75) is 46.1 Å². The van der Waals surface area contributed by atoms with Gasteiger partial charge in [-0.25, -0.2) is 8.42 Å². The maximum absolute atomic E-state index is 13.0. The van der Waals surface area contributed by atoms with Crippen LogP contribution in [-0.2, 0) is 14.8 Å². The minimum Gasteiger partial charge on any atom is -0.324 e. The van der Waals surface area contributed by atoms with Gasteiger partial charge in [-0.3, -0.25) is 9.10 Å². The van der Waals surface area contributed by atoms with E-state index < -0.39 is 16.1 Å². The van der Waals surface area contributed by atoms with Crippen LogP contribution < -0.4 is 9.62 Å². The number of nitrogens with zero attached hydrogens (tertiary/aromatic N) is 1. The highest BCUT2D eigenvalue weighted by Gasteiger charge is 2.31. The van der Waals surface area contributed by atoms with Crippen LogP contribution >= 0.6 is 0 Å². The van der Waals surface area contributed by atoms with Crippen molar-refractivity contribution in [2.24, 2.45) is 0 Å². The highest BCUT2D eigenvalue weighted by molar-refractivity contribution is 7.92. The predicted molar refractivity (Wildman–Crippen MR) is 112 cm³/mol. The van der Waals surface area contributed by atoms with Crippen molar-refractivity contribution in [1.29, 1.82) is 0 Å². The lowest BCUT2D eigenvalue weighted by Crippen LogP contribution is -2.47. The largest absolute Gasteiger partial charge is 0.324 e. The molecule has 2 rings (SSSR count). The molecular weight excluding hydrogens is 360 g/mol. The van der Waals surface area contributed by atoms with Crippen LogP contribution in [0.4, 0.5) is 11.4 Å². The summed E-state index contributed by atoms with van der Waals surface area (Å²) in [5, 5.41) is 2.93. The van der Waals surface area contributed by atoms with E-state index in [1.165, 1.54) is 4.31 Å². The van der Waals surface area contributed by atoms with E-state index >= 15 is 0 Å². The first-order valence-corrected chi connectivity index (χ1v) is 11.0. The third kappa shape index (κ3) is 5.10. The van der Waals surface area contributed by atoms with Gasteiger partial charge in [0.05, 0.1) is 11.9 Å². The van der Waals surface area contributed by atoms with E-state index in [1.807, 2.05) is 44.2 Å². The lowest BCUT2D eigenvalue weighted by Gasteiger charge is -2.30. The standard InChI is InChI=1S/C21H28N2O3S/c1-6-20(21(24)22-19-13-8-7-12-18(19)15(2)3)23(27(5,25)26)17-11-9-10-16(4)14-17/h7-15,20H,6H2,1-5H3,(H,22,24)/t20-/m0/s1. The minimum absolute atomic E-state index is 0.240. The molecule has 0 saturated heterocycles. The third-order valence-corrected chi connectivity index (χ3v) is 5.61. The first-order chi connectivity index (χ1) is 12.6.